The van der Waals surface area contributed by atoms with E-state index in [1.54, 1.807) is 26.4 Å². The molecule has 0 aromatic heterocycles. The largest absolute Gasteiger partial charge is 0.497 e. The summed E-state index contributed by atoms with van der Waals surface area (Å²) in [6.45, 7) is 0. The molecule has 0 aliphatic carbocycles. The van der Waals surface area contributed by atoms with Crippen molar-refractivity contribution in [2.24, 2.45) is 0 Å². The van der Waals surface area contributed by atoms with E-state index in [0.29, 0.717) is 24.2 Å². The molecule has 0 N–H and O–H groups in total. The number of aryl methyl sites for hydroxylation is 1. The molecule has 3 nitrogen and oxygen atoms in total. The first-order valence-electron chi connectivity index (χ1n) is 6.63. The van der Waals surface area contributed by atoms with Crippen molar-refractivity contribution < 1.29 is 14.3 Å². The van der Waals surface area contributed by atoms with Gasteiger partial charge in [0.15, 0.2) is 5.78 Å². The molecule has 2 rings (SSSR count). The van der Waals surface area contributed by atoms with Crippen molar-refractivity contribution in [3.8, 4) is 11.5 Å². The van der Waals surface area contributed by atoms with Crippen LogP contribution in [0.2, 0.25) is 0 Å². The summed E-state index contributed by atoms with van der Waals surface area (Å²) in [6, 6.07) is 13.2. The summed E-state index contributed by atoms with van der Waals surface area (Å²) in [5.41, 5.74) is 1.73. The van der Waals surface area contributed by atoms with Crippen molar-refractivity contribution in [3.63, 3.8) is 0 Å². The van der Waals surface area contributed by atoms with Gasteiger partial charge in [-0.25, -0.2) is 0 Å². The fraction of sp³-hybridized carbons (Fsp3) is 0.235. The van der Waals surface area contributed by atoms with Crippen LogP contribution in [0.15, 0.2) is 46.9 Å². The SMILES string of the molecule is COc1ccc(CCC(=O)c2ccc(Br)cc2OC)cc1. The molecule has 2 aromatic carbocycles. The van der Waals surface area contributed by atoms with Crippen molar-refractivity contribution in [1.29, 1.82) is 0 Å². The lowest BCUT2D eigenvalue weighted by molar-refractivity contribution is 0.0980. The standard InChI is InChI=1S/C17H17BrO3/c1-20-14-7-3-12(4-8-14)5-10-16(19)15-9-6-13(18)11-17(15)21-2/h3-4,6-9,11H,5,10H2,1-2H3. The highest BCUT2D eigenvalue weighted by atomic mass is 79.9. The molecule has 0 atom stereocenters. The van der Waals surface area contributed by atoms with Crippen molar-refractivity contribution in [3.05, 3.63) is 58.1 Å². The molecule has 0 aliphatic heterocycles. The van der Waals surface area contributed by atoms with Crippen LogP contribution in [0.25, 0.3) is 0 Å². The third-order valence-corrected chi connectivity index (χ3v) is 3.76. The van der Waals surface area contributed by atoms with E-state index in [1.165, 1.54) is 0 Å². The van der Waals surface area contributed by atoms with E-state index in [0.717, 1.165) is 15.8 Å². The quantitative estimate of drug-likeness (QED) is 0.730. The number of ether oxygens (including phenoxy) is 2. The van der Waals surface area contributed by atoms with Gasteiger partial charge in [0.05, 0.1) is 19.8 Å². The number of Topliss-reactive ketones (excluding diaryl/α,β-unsaturated/α-hetero) is 1. The van der Waals surface area contributed by atoms with Gasteiger partial charge < -0.3 is 9.47 Å². The van der Waals surface area contributed by atoms with Crippen molar-refractivity contribution >= 4 is 21.7 Å². The first-order chi connectivity index (χ1) is 10.1. The summed E-state index contributed by atoms with van der Waals surface area (Å²) in [6.07, 6.45) is 1.15. The van der Waals surface area contributed by atoms with Crippen molar-refractivity contribution in [2.45, 2.75) is 12.8 Å². The predicted octanol–water partition coefficient (Wildman–Crippen LogP) is 4.28. The van der Waals surface area contributed by atoms with Crippen LogP contribution < -0.4 is 9.47 Å². The summed E-state index contributed by atoms with van der Waals surface area (Å²) in [4.78, 5) is 12.3. The number of halogens is 1. The average Bonchev–Trinajstić information content (AvgIpc) is 2.52. The highest BCUT2D eigenvalue weighted by molar-refractivity contribution is 9.10. The van der Waals surface area contributed by atoms with Gasteiger partial charge in [0.25, 0.3) is 0 Å². The monoisotopic (exact) mass is 348 g/mol. The Morgan fingerprint density at radius 3 is 2.38 bits per heavy atom. The summed E-state index contributed by atoms with van der Waals surface area (Å²) >= 11 is 3.37. The lowest BCUT2D eigenvalue weighted by Crippen LogP contribution is -2.04. The van der Waals surface area contributed by atoms with Gasteiger partial charge in [-0.2, -0.15) is 0 Å². The number of benzene rings is 2. The average molecular weight is 349 g/mol. The van der Waals surface area contributed by atoms with E-state index in [-0.39, 0.29) is 5.78 Å². The molecule has 0 amide bonds. The van der Waals surface area contributed by atoms with Gasteiger partial charge in [0.2, 0.25) is 0 Å². The van der Waals surface area contributed by atoms with E-state index >= 15 is 0 Å². The zero-order valence-electron chi connectivity index (χ0n) is 12.1. The van der Waals surface area contributed by atoms with E-state index < -0.39 is 0 Å². The van der Waals surface area contributed by atoms with Crippen LogP contribution in [0, 0.1) is 0 Å². The maximum absolute atomic E-state index is 12.3. The molecule has 0 radical (unpaired) electrons. The molecule has 0 heterocycles. The van der Waals surface area contributed by atoms with Gasteiger partial charge in [-0.3, -0.25) is 4.79 Å². The summed E-state index contributed by atoms with van der Waals surface area (Å²) in [5, 5.41) is 0. The Labute approximate surface area is 133 Å². The van der Waals surface area contributed by atoms with E-state index in [4.69, 9.17) is 9.47 Å². The molecule has 0 saturated heterocycles. The Morgan fingerprint density at radius 1 is 1.05 bits per heavy atom. The van der Waals surface area contributed by atoms with E-state index in [9.17, 15) is 4.79 Å². The van der Waals surface area contributed by atoms with Gasteiger partial charge in [0, 0.05) is 10.9 Å². The zero-order chi connectivity index (χ0) is 15.2. The molecule has 0 saturated carbocycles. The Kier molecular flexibility index (Phi) is 5.39. The molecule has 0 unspecified atom stereocenters. The van der Waals surface area contributed by atoms with Crippen LogP contribution in [-0.2, 0) is 6.42 Å². The number of rotatable bonds is 6. The van der Waals surface area contributed by atoms with Gasteiger partial charge >= 0.3 is 0 Å². The summed E-state index contributed by atoms with van der Waals surface area (Å²) < 4.78 is 11.3. The Balaban J connectivity index is 2.04. The maximum Gasteiger partial charge on any atom is 0.166 e. The number of hydrogen-bond acceptors (Lipinski definition) is 3. The minimum Gasteiger partial charge on any atom is -0.497 e. The second-order valence-corrected chi connectivity index (χ2v) is 5.53. The highest BCUT2D eigenvalue weighted by Crippen LogP contribution is 2.25. The Morgan fingerprint density at radius 2 is 1.76 bits per heavy atom. The third kappa shape index (κ3) is 4.08. The molecular formula is C17H17BrO3. The van der Waals surface area contributed by atoms with Gasteiger partial charge in [0.1, 0.15) is 11.5 Å². The maximum atomic E-state index is 12.3. The lowest BCUT2D eigenvalue weighted by atomic mass is 10.0. The van der Waals surface area contributed by atoms with Crippen LogP contribution in [0.3, 0.4) is 0 Å². The second-order valence-electron chi connectivity index (χ2n) is 4.62. The van der Waals surface area contributed by atoms with Gasteiger partial charge in [-0.15, -0.1) is 0 Å². The number of carbonyl (C=O) groups is 1. The highest BCUT2D eigenvalue weighted by Gasteiger charge is 2.12. The normalized spacial score (nSPS) is 10.2. The molecule has 0 bridgehead atoms. The molecule has 4 heteroatoms. The molecular weight excluding hydrogens is 332 g/mol. The van der Waals surface area contributed by atoms with Crippen LogP contribution in [-0.4, -0.2) is 20.0 Å². The van der Waals surface area contributed by atoms with Crippen LogP contribution in [0.4, 0.5) is 0 Å². The van der Waals surface area contributed by atoms with Crippen molar-refractivity contribution in [2.75, 3.05) is 14.2 Å². The minimum absolute atomic E-state index is 0.0789. The number of ketones is 1. The predicted molar refractivity (Wildman–Crippen MR) is 86.3 cm³/mol. The summed E-state index contributed by atoms with van der Waals surface area (Å²) in [7, 11) is 3.21. The first kappa shape index (κ1) is 15.6. The molecule has 110 valence electrons. The Bertz CT molecular complexity index is 620. The molecule has 0 spiro atoms. The van der Waals surface area contributed by atoms with Crippen molar-refractivity contribution in [1.82, 2.24) is 0 Å². The fourth-order valence-corrected chi connectivity index (χ4v) is 2.42. The number of carbonyl (C=O) groups excluding carboxylic acids is 1. The van der Waals surface area contributed by atoms with Gasteiger partial charge in [-0.1, -0.05) is 28.1 Å². The number of methoxy groups -OCH3 is 2. The fourth-order valence-electron chi connectivity index (χ4n) is 2.08. The molecule has 21 heavy (non-hydrogen) atoms. The number of hydrogen-bond donors (Lipinski definition) is 0. The van der Waals surface area contributed by atoms with Crippen LogP contribution in [0.1, 0.15) is 22.3 Å². The molecule has 0 aliphatic rings. The molecule has 2 aromatic rings. The minimum atomic E-state index is 0.0789. The van der Waals surface area contributed by atoms with E-state index in [2.05, 4.69) is 15.9 Å². The van der Waals surface area contributed by atoms with E-state index in [1.807, 2.05) is 30.3 Å². The third-order valence-electron chi connectivity index (χ3n) is 3.26. The smallest absolute Gasteiger partial charge is 0.166 e. The lowest BCUT2D eigenvalue weighted by Gasteiger charge is -2.08. The zero-order valence-corrected chi connectivity index (χ0v) is 13.6. The molecule has 0 fully saturated rings. The second kappa shape index (κ2) is 7.27. The summed E-state index contributed by atoms with van der Waals surface area (Å²) in [5.74, 6) is 1.50. The first-order valence-corrected chi connectivity index (χ1v) is 7.43. The van der Waals surface area contributed by atoms with Crippen LogP contribution >= 0.6 is 15.9 Å². The van der Waals surface area contributed by atoms with Crippen LogP contribution in [0.5, 0.6) is 11.5 Å². The Hall–Kier alpha value is -1.81. The topological polar surface area (TPSA) is 35.5 Å². The van der Waals surface area contributed by atoms with Gasteiger partial charge in [-0.05, 0) is 42.3 Å².